The molecule has 0 saturated carbocycles. The topological polar surface area (TPSA) is 74.3 Å². The summed E-state index contributed by atoms with van der Waals surface area (Å²) in [7, 11) is 1.88. The van der Waals surface area contributed by atoms with Crippen LogP contribution in [-0.2, 0) is 12.8 Å². The second-order valence-corrected chi connectivity index (χ2v) is 5.86. The van der Waals surface area contributed by atoms with Gasteiger partial charge in [0, 0.05) is 7.05 Å². The number of thioether (sulfide) groups is 1. The maximum Gasteiger partial charge on any atom is 0.167 e. The van der Waals surface area contributed by atoms with Crippen LogP contribution in [0.15, 0.2) is 54.2 Å². The summed E-state index contributed by atoms with van der Waals surface area (Å²) >= 11 is 1.60. The highest BCUT2D eigenvalue weighted by Gasteiger charge is 2.12. The van der Waals surface area contributed by atoms with Crippen LogP contribution in [0.5, 0.6) is 0 Å². The van der Waals surface area contributed by atoms with E-state index in [-0.39, 0.29) is 0 Å². The number of hydrogen-bond acceptors (Lipinski definition) is 6. The van der Waals surface area contributed by atoms with Gasteiger partial charge in [-0.3, -0.25) is 4.68 Å². The molecule has 0 unspecified atom stereocenters. The van der Waals surface area contributed by atoms with Crippen molar-refractivity contribution in [2.75, 3.05) is 0 Å². The summed E-state index contributed by atoms with van der Waals surface area (Å²) in [4.78, 5) is 13.0. The van der Waals surface area contributed by atoms with Gasteiger partial charge in [-0.15, -0.1) is 0 Å². The summed E-state index contributed by atoms with van der Waals surface area (Å²) in [5.41, 5.74) is 1.78. The minimum absolute atomic E-state index is 0.694. The van der Waals surface area contributed by atoms with E-state index in [9.17, 15) is 0 Å². The van der Waals surface area contributed by atoms with Gasteiger partial charge >= 0.3 is 0 Å². The van der Waals surface area contributed by atoms with Crippen molar-refractivity contribution in [3.05, 3.63) is 55.0 Å². The lowest BCUT2D eigenvalue weighted by molar-refractivity contribution is 0.730. The molecule has 0 fully saturated rings. The predicted octanol–water partition coefficient (Wildman–Crippen LogP) is 2.24. The first-order valence-corrected chi connectivity index (χ1v) is 8.01. The molecule has 4 aromatic rings. The van der Waals surface area contributed by atoms with E-state index in [0.717, 1.165) is 27.6 Å². The summed E-state index contributed by atoms with van der Waals surface area (Å²) in [5, 5.41) is 10.4. The van der Waals surface area contributed by atoms with E-state index < -0.39 is 0 Å². The van der Waals surface area contributed by atoms with Gasteiger partial charge in [0.15, 0.2) is 5.65 Å². The zero-order chi connectivity index (χ0) is 15.6. The Balaban J connectivity index is 1.69. The molecule has 0 amide bonds. The Morgan fingerprint density at radius 3 is 2.65 bits per heavy atom. The van der Waals surface area contributed by atoms with E-state index in [1.807, 2.05) is 42.1 Å². The van der Waals surface area contributed by atoms with Crippen LogP contribution < -0.4 is 0 Å². The molecule has 3 aromatic heterocycles. The highest BCUT2D eigenvalue weighted by molar-refractivity contribution is 7.98. The van der Waals surface area contributed by atoms with Gasteiger partial charge in [0.05, 0.1) is 23.0 Å². The molecule has 0 spiro atoms. The lowest BCUT2D eigenvalue weighted by Gasteiger charge is -2.04. The Bertz CT molecular complexity index is 945. The van der Waals surface area contributed by atoms with Crippen molar-refractivity contribution >= 4 is 22.8 Å². The van der Waals surface area contributed by atoms with Crippen LogP contribution in [0, 0.1) is 0 Å². The Morgan fingerprint density at radius 2 is 1.87 bits per heavy atom. The third-order valence-electron chi connectivity index (χ3n) is 3.47. The average molecular weight is 323 g/mol. The number of aryl methyl sites for hydroxylation is 1. The van der Waals surface area contributed by atoms with Crippen LogP contribution in [0.1, 0.15) is 5.82 Å². The van der Waals surface area contributed by atoms with Crippen LogP contribution >= 0.6 is 11.8 Å². The second kappa shape index (κ2) is 5.81. The molecule has 0 atom stereocenters. The van der Waals surface area contributed by atoms with E-state index in [2.05, 4.69) is 25.1 Å². The first-order chi connectivity index (χ1) is 11.3. The van der Waals surface area contributed by atoms with E-state index in [4.69, 9.17) is 0 Å². The van der Waals surface area contributed by atoms with E-state index in [1.54, 1.807) is 35.3 Å². The number of benzene rings is 1. The minimum Gasteiger partial charge on any atom is -0.252 e. The molecular formula is C15H13N7S. The molecule has 0 radical (unpaired) electrons. The number of aromatic nitrogens is 7. The van der Waals surface area contributed by atoms with Crippen molar-refractivity contribution in [3.8, 4) is 5.69 Å². The average Bonchev–Trinajstić information content (AvgIpc) is 3.20. The molecule has 3 heterocycles. The third kappa shape index (κ3) is 2.57. The first-order valence-electron chi connectivity index (χ1n) is 7.03. The summed E-state index contributed by atoms with van der Waals surface area (Å²) in [6.45, 7) is 0. The smallest absolute Gasteiger partial charge is 0.167 e. The summed E-state index contributed by atoms with van der Waals surface area (Å²) in [6, 6.07) is 9.94. The van der Waals surface area contributed by atoms with E-state index >= 15 is 0 Å². The van der Waals surface area contributed by atoms with Gasteiger partial charge in [0.2, 0.25) is 0 Å². The Kier molecular flexibility index (Phi) is 3.51. The normalized spacial score (nSPS) is 11.2. The molecule has 8 heteroatoms. The van der Waals surface area contributed by atoms with Gasteiger partial charge in [-0.1, -0.05) is 30.0 Å². The monoisotopic (exact) mass is 323 g/mol. The second-order valence-electron chi connectivity index (χ2n) is 4.90. The molecule has 0 aliphatic heterocycles. The van der Waals surface area contributed by atoms with Crippen LogP contribution in [-0.4, -0.2) is 34.5 Å². The van der Waals surface area contributed by atoms with Crippen LogP contribution in [0.25, 0.3) is 16.7 Å². The zero-order valence-corrected chi connectivity index (χ0v) is 13.2. The molecule has 4 rings (SSSR count). The summed E-state index contributed by atoms with van der Waals surface area (Å²) in [5.74, 6) is 1.59. The van der Waals surface area contributed by atoms with Crippen molar-refractivity contribution in [2.24, 2.45) is 7.05 Å². The van der Waals surface area contributed by atoms with Crippen molar-refractivity contribution in [3.63, 3.8) is 0 Å². The number of nitrogens with zero attached hydrogens (tertiary/aromatic N) is 7. The molecule has 0 aliphatic rings. The van der Waals surface area contributed by atoms with Gasteiger partial charge in [-0.25, -0.2) is 19.6 Å². The van der Waals surface area contributed by atoms with Crippen molar-refractivity contribution < 1.29 is 0 Å². The van der Waals surface area contributed by atoms with E-state index in [0.29, 0.717) is 5.75 Å². The molecular weight excluding hydrogens is 310 g/mol. The summed E-state index contributed by atoms with van der Waals surface area (Å²) < 4.78 is 3.59. The fourth-order valence-electron chi connectivity index (χ4n) is 2.28. The standard InChI is InChI=1S/C15H13N7S/c1-21-13(16-10-20-21)8-23-15-12-7-19-22(14(12)17-9-18-15)11-5-3-2-4-6-11/h2-7,9-10H,8H2,1H3. The quantitative estimate of drug-likeness (QED) is 0.423. The number of rotatable bonds is 4. The molecule has 0 bridgehead atoms. The highest BCUT2D eigenvalue weighted by Crippen LogP contribution is 2.27. The molecule has 0 saturated heterocycles. The lowest BCUT2D eigenvalue weighted by Crippen LogP contribution is -1.99. The molecule has 23 heavy (non-hydrogen) atoms. The van der Waals surface area contributed by atoms with Gasteiger partial charge in [-0.2, -0.15) is 10.2 Å². The minimum atomic E-state index is 0.694. The molecule has 114 valence electrons. The lowest BCUT2D eigenvalue weighted by atomic mass is 10.3. The van der Waals surface area contributed by atoms with Gasteiger partial charge in [0.25, 0.3) is 0 Å². The zero-order valence-electron chi connectivity index (χ0n) is 12.4. The van der Waals surface area contributed by atoms with Gasteiger partial charge < -0.3 is 0 Å². The predicted molar refractivity (Wildman–Crippen MR) is 87.2 cm³/mol. The SMILES string of the molecule is Cn1ncnc1CSc1ncnc2c1cnn2-c1ccccc1. The van der Waals surface area contributed by atoms with Gasteiger partial charge in [-0.05, 0) is 12.1 Å². The molecule has 1 aromatic carbocycles. The number of fused-ring (bicyclic) bond motifs is 1. The Labute approximate surface area is 136 Å². The van der Waals surface area contributed by atoms with Crippen LogP contribution in [0.3, 0.4) is 0 Å². The third-order valence-corrected chi connectivity index (χ3v) is 4.47. The maximum absolute atomic E-state index is 4.46. The first kappa shape index (κ1) is 13.9. The Hall–Kier alpha value is -2.74. The fourth-order valence-corrected chi connectivity index (χ4v) is 3.23. The summed E-state index contributed by atoms with van der Waals surface area (Å²) in [6.07, 6.45) is 4.93. The largest absolute Gasteiger partial charge is 0.252 e. The van der Waals surface area contributed by atoms with Crippen LogP contribution in [0.2, 0.25) is 0 Å². The molecule has 0 N–H and O–H groups in total. The molecule has 0 aliphatic carbocycles. The van der Waals surface area contributed by atoms with Crippen molar-refractivity contribution in [1.82, 2.24) is 34.5 Å². The molecule has 7 nitrogen and oxygen atoms in total. The fraction of sp³-hybridized carbons (Fsp3) is 0.133. The van der Waals surface area contributed by atoms with Gasteiger partial charge in [0.1, 0.15) is 23.5 Å². The maximum atomic E-state index is 4.46. The van der Waals surface area contributed by atoms with Crippen molar-refractivity contribution in [2.45, 2.75) is 10.8 Å². The van der Waals surface area contributed by atoms with Crippen LogP contribution in [0.4, 0.5) is 0 Å². The number of para-hydroxylation sites is 1. The highest BCUT2D eigenvalue weighted by atomic mass is 32.2. The Morgan fingerprint density at radius 1 is 1.00 bits per heavy atom. The van der Waals surface area contributed by atoms with E-state index in [1.165, 1.54) is 0 Å². The van der Waals surface area contributed by atoms with Crippen molar-refractivity contribution in [1.29, 1.82) is 0 Å². The number of hydrogen-bond donors (Lipinski definition) is 0.